The summed E-state index contributed by atoms with van der Waals surface area (Å²) in [5, 5.41) is 0. The van der Waals surface area contributed by atoms with Gasteiger partial charge in [-0.3, -0.25) is 9.78 Å². The van der Waals surface area contributed by atoms with E-state index < -0.39 is 11.9 Å². The van der Waals surface area contributed by atoms with E-state index in [1.54, 1.807) is 6.07 Å². The van der Waals surface area contributed by atoms with Crippen molar-refractivity contribution >= 4 is 5.91 Å². The summed E-state index contributed by atoms with van der Waals surface area (Å²) < 4.78 is 48.5. The van der Waals surface area contributed by atoms with Gasteiger partial charge in [0.1, 0.15) is 11.8 Å². The maximum Gasteiger partial charge on any atom is 0.433 e. The van der Waals surface area contributed by atoms with Crippen molar-refractivity contribution in [2.45, 2.75) is 25.1 Å². The van der Waals surface area contributed by atoms with Crippen LogP contribution in [0.3, 0.4) is 0 Å². The summed E-state index contributed by atoms with van der Waals surface area (Å²) in [6, 6.07) is 3.70. The average molecular weight is 382 g/mol. The van der Waals surface area contributed by atoms with Crippen LogP contribution in [0.1, 0.15) is 28.9 Å². The Bertz CT molecular complexity index is 799. The summed E-state index contributed by atoms with van der Waals surface area (Å²) >= 11 is 0. The number of methoxy groups -OCH3 is 1. The van der Waals surface area contributed by atoms with E-state index in [9.17, 15) is 18.0 Å². The molecule has 0 aliphatic carbocycles. The smallest absolute Gasteiger partial charge is 0.433 e. The van der Waals surface area contributed by atoms with Crippen LogP contribution in [0.2, 0.25) is 0 Å². The highest BCUT2D eigenvalue weighted by Gasteiger charge is 2.33. The van der Waals surface area contributed by atoms with Crippen LogP contribution in [0.4, 0.5) is 13.2 Å². The number of amides is 1. The van der Waals surface area contributed by atoms with E-state index >= 15 is 0 Å². The van der Waals surface area contributed by atoms with Crippen LogP contribution in [0, 0.1) is 0 Å². The van der Waals surface area contributed by atoms with Crippen LogP contribution >= 0.6 is 0 Å². The highest BCUT2D eigenvalue weighted by Crippen LogP contribution is 2.27. The number of alkyl halides is 3. The quantitative estimate of drug-likeness (QED) is 0.809. The summed E-state index contributed by atoms with van der Waals surface area (Å²) in [6.07, 6.45) is -0.950. The van der Waals surface area contributed by atoms with Gasteiger partial charge in [0.15, 0.2) is 0 Å². The van der Waals surface area contributed by atoms with Crippen molar-refractivity contribution in [1.82, 2.24) is 19.9 Å². The van der Waals surface area contributed by atoms with E-state index in [1.165, 1.54) is 18.2 Å². The van der Waals surface area contributed by atoms with Crippen molar-refractivity contribution in [1.29, 1.82) is 0 Å². The monoisotopic (exact) mass is 382 g/mol. The van der Waals surface area contributed by atoms with Gasteiger partial charge in [0.25, 0.3) is 5.91 Å². The lowest BCUT2D eigenvalue weighted by molar-refractivity contribution is -0.141. The molecule has 1 aliphatic rings. The Morgan fingerprint density at radius 2 is 2.07 bits per heavy atom. The maximum absolute atomic E-state index is 12.6. The van der Waals surface area contributed by atoms with Gasteiger partial charge in [-0.2, -0.15) is 18.2 Å². The minimum atomic E-state index is -4.54. The first-order valence-electron chi connectivity index (χ1n) is 8.23. The second-order valence-corrected chi connectivity index (χ2v) is 5.94. The average Bonchev–Trinajstić information content (AvgIpc) is 2.67. The minimum Gasteiger partial charge on any atom is -0.472 e. The lowest BCUT2D eigenvalue weighted by Crippen LogP contribution is -2.44. The van der Waals surface area contributed by atoms with Crippen LogP contribution in [0.15, 0.2) is 30.6 Å². The molecular weight excluding hydrogens is 365 g/mol. The Morgan fingerprint density at radius 1 is 1.26 bits per heavy atom. The van der Waals surface area contributed by atoms with E-state index in [4.69, 9.17) is 9.47 Å². The zero-order valence-corrected chi connectivity index (χ0v) is 14.4. The lowest BCUT2D eigenvalue weighted by atomic mass is 10.1. The fourth-order valence-corrected chi connectivity index (χ4v) is 2.75. The van der Waals surface area contributed by atoms with Gasteiger partial charge in [0.05, 0.1) is 19.2 Å². The van der Waals surface area contributed by atoms with E-state index in [2.05, 4.69) is 15.0 Å². The summed E-state index contributed by atoms with van der Waals surface area (Å²) in [7, 11) is 1.44. The van der Waals surface area contributed by atoms with Crippen LogP contribution in [-0.2, 0) is 6.18 Å². The number of pyridine rings is 1. The number of hydrogen-bond acceptors (Lipinski definition) is 6. The molecule has 0 spiro atoms. The fraction of sp³-hybridized carbons (Fsp3) is 0.412. The van der Waals surface area contributed by atoms with Gasteiger partial charge in [-0.25, -0.2) is 4.98 Å². The predicted molar refractivity (Wildman–Crippen MR) is 87.4 cm³/mol. The van der Waals surface area contributed by atoms with Gasteiger partial charge in [-0.15, -0.1) is 0 Å². The van der Waals surface area contributed by atoms with Crippen LogP contribution < -0.4 is 9.47 Å². The second kappa shape index (κ2) is 7.77. The van der Waals surface area contributed by atoms with Crippen molar-refractivity contribution in [3.05, 3.63) is 41.9 Å². The first-order valence-corrected chi connectivity index (χ1v) is 8.23. The summed E-state index contributed by atoms with van der Waals surface area (Å²) in [4.78, 5) is 25.4. The summed E-state index contributed by atoms with van der Waals surface area (Å²) in [5.74, 6) is -0.0536. The molecule has 1 amide bonds. The predicted octanol–water partition coefficient (Wildman–Crippen LogP) is 2.58. The topological polar surface area (TPSA) is 77.4 Å². The first-order chi connectivity index (χ1) is 12.9. The number of ether oxygens (including phenoxy) is 2. The number of nitrogens with zero attached hydrogens (tertiary/aromatic N) is 4. The van der Waals surface area contributed by atoms with Crippen molar-refractivity contribution in [2.24, 2.45) is 0 Å². The minimum absolute atomic E-state index is 0.104. The third-order valence-electron chi connectivity index (χ3n) is 4.04. The van der Waals surface area contributed by atoms with Gasteiger partial charge in [0, 0.05) is 25.0 Å². The van der Waals surface area contributed by atoms with Crippen LogP contribution in [0.25, 0.3) is 0 Å². The van der Waals surface area contributed by atoms with Crippen molar-refractivity contribution in [3.8, 4) is 11.9 Å². The van der Waals surface area contributed by atoms with E-state index in [-0.39, 0.29) is 23.6 Å². The number of carbonyl (C=O) groups excluding carboxylic acids is 1. The molecule has 10 heteroatoms. The van der Waals surface area contributed by atoms with Gasteiger partial charge in [0.2, 0.25) is 5.88 Å². The van der Waals surface area contributed by atoms with Crippen molar-refractivity contribution in [2.75, 3.05) is 20.2 Å². The normalized spacial score (nSPS) is 17.5. The fourth-order valence-electron chi connectivity index (χ4n) is 2.75. The molecule has 0 bridgehead atoms. The lowest BCUT2D eigenvalue weighted by Gasteiger charge is -2.32. The summed E-state index contributed by atoms with van der Waals surface area (Å²) in [5.41, 5.74) is -0.927. The Hall–Kier alpha value is -2.91. The Morgan fingerprint density at radius 3 is 2.74 bits per heavy atom. The molecule has 1 saturated heterocycles. The number of likely N-dealkylation sites (tertiary alicyclic amines) is 1. The SMILES string of the molecule is COc1nccc(OC2CCCN(C(=O)c3ccc(C(F)(F)F)nc3)C2)n1. The van der Waals surface area contributed by atoms with E-state index in [0.29, 0.717) is 25.4 Å². The van der Waals surface area contributed by atoms with Crippen LogP contribution in [-0.4, -0.2) is 52.1 Å². The van der Waals surface area contributed by atoms with E-state index in [1.807, 2.05) is 0 Å². The highest BCUT2D eigenvalue weighted by molar-refractivity contribution is 5.94. The summed E-state index contributed by atoms with van der Waals surface area (Å²) in [6.45, 7) is 0.791. The molecule has 3 rings (SSSR count). The zero-order chi connectivity index (χ0) is 19.4. The third-order valence-corrected chi connectivity index (χ3v) is 4.04. The number of halogens is 3. The largest absolute Gasteiger partial charge is 0.472 e. The first kappa shape index (κ1) is 18.9. The molecule has 0 radical (unpaired) electrons. The van der Waals surface area contributed by atoms with Gasteiger partial charge < -0.3 is 14.4 Å². The highest BCUT2D eigenvalue weighted by atomic mass is 19.4. The van der Waals surface area contributed by atoms with Crippen molar-refractivity contribution in [3.63, 3.8) is 0 Å². The number of carbonyl (C=O) groups is 1. The molecule has 1 fully saturated rings. The Labute approximate surface area is 153 Å². The number of piperidine rings is 1. The molecular formula is C17H17F3N4O3. The molecule has 144 valence electrons. The molecule has 1 atom stereocenters. The van der Waals surface area contributed by atoms with Gasteiger partial charge in [-0.1, -0.05) is 0 Å². The maximum atomic E-state index is 12.6. The van der Waals surface area contributed by atoms with Crippen LogP contribution in [0.5, 0.6) is 11.9 Å². The number of rotatable bonds is 4. The Balaban J connectivity index is 1.65. The molecule has 2 aromatic heterocycles. The zero-order valence-electron chi connectivity index (χ0n) is 14.4. The molecule has 0 saturated carbocycles. The molecule has 1 aliphatic heterocycles. The molecule has 2 aromatic rings. The third kappa shape index (κ3) is 4.63. The molecule has 7 nitrogen and oxygen atoms in total. The number of aromatic nitrogens is 3. The molecule has 0 N–H and O–H groups in total. The number of hydrogen-bond donors (Lipinski definition) is 0. The van der Waals surface area contributed by atoms with E-state index in [0.717, 1.165) is 24.8 Å². The molecule has 1 unspecified atom stereocenters. The molecule has 27 heavy (non-hydrogen) atoms. The molecule has 3 heterocycles. The standard InChI is InChI=1S/C17H17F3N4O3/c1-26-16-21-7-6-14(23-16)27-12-3-2-8-24(10-12)15(25)11-4-5-13(22-9-11)17(18,19)20/h4-7,9,12H,2-3,8,10H2,1H3. The van der Waals surface area contributed by atoms with Crippen molar-refractivity contribution < 1.29 is 27.4 Å². The van der Waals surface area contributed by atoms with Gasteiger partial charge >= 0.3 is 12.2 Å². The second-order valence-electron chi connectivity index (χ2n) is 5.94. The molecule has 0 aromatic carbocycles. The Kier molecular flexibility index (Phi) is 5.43. The van der Waals surface area contributed by atoms with Gasteiger partial charge in [-0.05, 0) is 25.0 Å².